The highest BCUT2D eigenvalue weighted by Crippen LogP contribution is 2.29. The van der Waals surface area contributed by atoms with E-state index < -0.39 is 6.03 Å². The standard InChI is InChI=1S/C11H22N4O2/c1-11(2)4-3-5-13-8(11)9(16)14-6-7-15-10(12)17/h8,13H,3-7H2,1-2H3,(H,14,16)(H3,12,15,17). The normalized spacial score (nSPS) is 22.8. The van der Waals surface area contributed by atoms with E-state index in [2.05, 4.69) is 29.8 Å². The van der Waals surface area contributed by atoms with E-state index in [-0.39, 0.29) is 17.4 Å². The highest BCUT2D eigenvalue weighted by molar-refractivity contribution is 5.82. The lowest BCUT2D eigenvalue weighted by molar-refractivity contribution is -0.126. The zero-order valence-corrected chi connectivity index (χ0v) is 10.5. The van der Waals surface area contributed by atoms with Crippen molar-refractivity contribution in [3.8, 4) is 0 Å². The highest BCUT2D eigenvalue weighted by atomic mass is 16.2. The molecule has 1 heterocycles. The summed E-state index contributed by atoms with van der Waals surface area (Å²) < 4.78 is 0. The average molecular weight is 242 g/mol. The number of hydrogen-bond acceptors (Lipinski definition) is 3. The molecular weight excluding hydrogens is 220 g/mol. The van der Waals surface area contributed by atoms with Gasteiger partial charge >= 0.3 is 6.03 Å². The van der Waals surface area contributed by atoms with Crippen LogP contribution in [0.1, 0.15) is 26.7 Å². The molecule has 6 heteroatoms. The van der Waals surface area contributed by atoms with Crippen molar-refractivity contribution in [2.24, 2.45) is 11.1 Å². The van der Waals surface area contributed by atoms with Gasteiger partial charge in [-0.05, 0) is 24.8 Å². The van der Waals surface area contributed by atoms with E-state index in [1.165, 1.54) is 0 Å². The monoisotopic (exact) mass is 242 g/mol. The van der Waals surface area contributed by atoms with E-state index in [4.69, 9.17) is 5.73 Å². The molecule has 1 aliphatic heterocycles. The van der Waals surface area contributed by atoms with Gasteiger partial charge in [-0.3, -0.25) is 4.79 Å². The van der Waals surface area contributed by atoms with Gasteiger partial charge in [-0.15, -0.1) is 0 Å². The van der Waals surface area contributed by atoms with Gasteiger partial charge in [0.2, 0.25) is 5.91 Å². The van der Waals surface area contributed by atoms with Gasteiger partial charge in [-0.2, -0.15) is 0 Å². The second-order valence-electron chi connectivity index (χ2n) is 5.06. The Morgan fingerprint density at radius 3 is 2.59 bits per heavy atom. The molecular formula is C11H22N4O2. The molecule has 3 amide bonds. The van der Waals surface area contributed by atoms with Crippen LogP contribution >= 0.6 is 0 Å². The Hall–Kier alpha value is -1.30. The van der Waals surface area contributed by atoms with Crippen molar-refractivity contribution in [1.82, 2.24) is 16.0 Å². The molecule has 0 saturated carbocycles. The number of hydrogen-bond donors (Lipinski definition) is 4. The zero-order valence-electron chi connectivity index (χ0n) is 10.5. The molecule has 17 heavy (non-hydrogen) atoms. The molecule has 1 atom stereocenters. The number of nitrogens with two attached hydrogens (primary N) is 1. The fraction of sp³-hybridized carbons (Fsp3) is 0.818. The summed E-state index contributed by atoms with van der Waals surface area (Å²) in [5.74, 6) is -0.0130. The number of nitrogens with one attached hydrogen (secondary N) is 3. The van der Waals surface area contributed by atoms with Crippen LogP contribution in [-0.4, -0.2) is 37.6 Å². The first kappa shape index (κ1) is 13.8. The second kappa shape index (κ2) is 5.86. The third-order valence-electron chi connectivity index (χ3n) is 3.11. The first-order valence-electron chi connectivity index (χ1n) is 5.98. The Balaban J connectivity index is 2.33. The van der Waals surface area contributed by atoms with Crippen LogP contribution in [0, 0.1) is 5.41 Å². The Morgan fingerprint density at radius 1 is 1.35 bits per heavy atom. The number of amides is 3. The summed E-state index contributed by atoms with van der Waals surface area (Å²) in [5.41, 5.74) is 4.89. The minimum absolute atomic E-state index is 0.0130. The highest BCUT2D eigenvalue weighted by Gasteiger charge is 2.36. The number of carbonyl (C=O) groups is 2. The maximum atomic E-state index is 11.9. The molecule has 1 aliphatic rings. The Kier molecular flexibility index (Phi) is 4.74. The van der Waals surface area contributed by atoms with Crippen molar-refractivity contribution >= 4 is 11.9 Å². The maximum Gasteiger partial charge on any atom is 0.312 e. The lowest BCUT2D eigenvalue weighted by Gasteiger charge is -2.38. The van der Waals surface area contributed by atoms with E-state index in [1.807, 2.05) is 0 Å². The minimum atomic E-state index is -0.574. The van der Waals surface area contributed by atoms with Crippen LogP contribution in [0.5, 0.6) is 0 Å². The third kappa shape index (κ3) is 4.22. The lowest BCUT2D eigenvalue weighted by Crippen LogP contribution is -2.56. The summed E-state index contributed by atoms with van der Waals surface area (Å²) in [7, 11) is 0. The fourth-order valence-corrected chi connectivity index (χ4v) is 2.13. The van der Waals surface area contributed by atoms with Crippen LogP contribution in [0.3, 0.4) is 0 Å². The summed E-state index contributed by atoms with van der Waals surface area (Å²) in [6.07, 6.45) is 2.14. The molecule has 1 rings (SSSR count). The summed E-state index contributed by atoms with van der Waals surface area (Å²) in [5, 5.41) is 8.45. The summed E-state index contributed by atoms with van der Waals surface area (Å²) >= 11 is 0. The van der Waals surface area contributed by atoms with E-state index >= 15 is 0 Å². The molecule has 5 N–H and O–H groups in total. The molecule has 1 saturated heterocycles. The molecule has 98 valence electrons. The number of primary amides is 1. The minimum Gasteiger partial charge on any atom is -0.353 e. The van der Waals surface area contributed by atoms with Crippen molar-refractivity contribution in [1.29, 1.82) is 0 Å². The molecule has 0 bridgehead atoms. The van der Waals surface area contributed by atoms with Gasteiger partial charge in [0, 0.05) is 13.1 Å². The third-order valence-corrected chi connectivity index (χ3v) is 3.11. The van der Waals surface area contributed by atoms with Crippen LogP contribution in [-0.2, 0) is 4.79 Å². The van der Waals surface area contributed by atoms with E-state index in [1.54, 1.807) is 0 Å². The molecule has 0 aliphatic carbocycles. The van der Waals surface area contributed by atoms with Gasteiger partial charge in [0.25, 0.3) is 0 Å². The molecule has 0 aromatic rings. The number of urea groups is 1. The van der Waals surface area contributed by atoms with E-state index in [0.29, 0.717) is 13.1 Å². The Labute approximate surface area is 102 Å². The number of piperidine rings is 1. The molecule has 0 spiro atoms. The molecule has 6 nitrogen and oxygen atoms in total. The molecule has 0 aromatic heterocycles. The largest absolute Gasteiger partial charge is 0.353 e. The second-order valence-corrected chi connectivity index (χ2v) is 5.06. The van der Waals surface area contributed by atoms with Crippen molar-refractivity contribution in [3.63, 3.8) is 0 Å². The van der Waals surface area contributed by atoms with Crippen molar-refractivity contribution in [3.05, 3.63) is 0 Å². The van der Waals surface area contributed by atoms with Gasteiger partial charge in [-0.1, -0.05) is 13.8 Å². The van der Waals surface area contributed by atoms with Crippen molar-refractivity contribution < 1.29 is 9.59 Å². The van der Waals surface area contributed by atoms with E-state index in [0.717, 1.165) is 19.4 Å². The fourth-order valence-electron chi connectivity index (χ4n) is 2.13. The van der Waals surface area contributed by atoms with Crippen LogP contribution in [0.25, 0.3) is 0 Å². The summed E-state index contributed by atoms with van der Waals surface area (Å²) in [6, 6.07) is -0.736. The topological polar surface area (TPSA) is 96.2 Å². The quantitative estimate of drug-likeness (QED) is 0.503. The lowest BCUT2D eigenvalue weighted by atomic mass is 9.77. The molecule has 1 fully saturated rings. The average Bonchev–Trinajstić information content (AvgIpc) is 2.23. The van der Waals surface area contributed by atoms with Gasteiger partial charge in [0.1, 0.15) is 0 Å². The molecule has 1 unspecified atom stereocenters. The summed E-state index contributed by atoms with van der Waals surface area (Å²) in [4.78, 5) is 22.4. The van der Waals surface area contributed by atoms with Crippen LogP contribution in [0.2, 0.25) is 0 Å². The maximum absolute atomic E-state index is 11.9. The first-order chi connectivity index (χ1) is 7.93. The summed E-state index contributed by atoms with van der Waals surface area (Å²) in [6.45, 7) is 5.81. The van der Waals surface area contributed by atoms with Gasteiger partial charge in [0.15, 0.2) is 0 Å². The molecule has 0 radical (unpaired) electrons. The van der Waals surface area contributed by atoms with Crippen molar-refractivity contribution in [2.75, 3.05) is 19.6 Å². The Morgan fingerprint density at radius 2 is 2.00 bits per heavy atom. The number of carbonyl (C=O) groups excluding carboxylic acids is 2. The van der Waals surface area contributed by atoms with Crippen molar-refractivity contribution in [2.45, 2.75) is 32.7 Å². The number of rotatable bonds is 4. The smallest absolute Gasteiger partial charge is 0.312 e. The van der Waals surface area contributed by atoms with Crippen LogP contribution in [0.15, 0.2) is 0 Å². The van der Waals surface area contributed by atoms with Gasteiger partial charge in [0.05, 0.1) is 6.04 Å². The van der Waals surface area contributed by atoms with Crippen LogP contribution in [0.4, 0.5) is 4.79 Å². The first-order valence-corrected chi connectivity index (χ1v) is 5.98. The van der Waals surface area contributed by atoms with Gasteiger partial charge in [-0.25, -0.2) is 4.79 Å². The SMILES string of the molecule is CC1(C)CCCNC1C(=O)NCCNC(N)=O. The van der Waals surface area contributed by atoms with Gasteiger partial charge < -0.3 is 21.7 Å². The predicted molar refractivity (Wildman–Crippen MR) is 65.4 cm³/mol. The molecule has 0 aromatic carbocycles. The zero-order chi connectivity index (χ0) is 12.9. The van der Waals surface area contributed by atoms with E-state index in [9.17, 15) is 9.59 Å². The predicted octanol–water partition coefficient (Wildman–Crippen LogP) is -0.451. The van der Waals surface area contributed by atoms with Crippen LogP contribution < -0.4 is 21.7 Å². The Bertz CT molecular complexity index is 291.